The van der Waals surface area contributed by atoms with Crippen molar-refractivity contribution in [3.8, 4) is 16.9 Å². The number of aromatic nitrogens is 5. The third-order valence-electron chi connectivity index (χ3n) is 8.28. The molecule has 0 spiro atoms. The lowest BCUT2D eigenvalue weighted by molar-refractivity contribution is 0.0302. The molecule has 2 aromatic carbocycles. The molecular formula is C34H34FN7O4. The predicted molar refractivity (Wildman–Crippen MR) is 174 cm³/mol. The van der Waals surface area contributed by atoms with Crippen LogP contribution < -0.4 is 16.4 Å². The van der Waals surface area contributed by atoms with Gasteiger partial charge in [0.15, 0.2) is 0 Å². The van der Waals surface area contributed by atoms with E-state index in [1.54, 1.807) is 42.2 Å². The second-order valence-corrected chi connectivity index (χ2v) is 12.3. The summed E-state index contributed by atoms with van der Waals surface area (Å²) in [6.45, 7) is 11.5. The summed E-state index contributed by atoms with van der Waals surface area (Å²) in [5, 5.41) is 14.7. The molecule has 1 amide bonds. The van der Waals surface area contributed by atoms with Crippen molar-refractivity contribution in [2.75, 3.05) is 31.6 Å². The maximum atomic E-state index is 15.3. The van der Waals surface area contributed by atoms with Gasteiger partial charge in [-0.25, -0.2) is 14.5 Å². The molecule has 46 heavy (non-hydrogen) atoms. The zero-order valence-corrected chi connectivity index (χ0v) is 26.3. The summed E-state index contributed by atoms with van der Waals surface area (Å²) in [7, 11) is 0. The Morgan fingerprint density at radius 1 is 1.02 bits per heavy atom. The molecule has 6 rings (SSSR count). The van der Waals surface area contributed by atoms with E-state index in [1.807, 2.05) is 33.8 Å². The first kappa shape index (κ1) is 30.8. The number of H-pyrrole nitrogens is 1. The Bertz CT molecular complexity index is 2090. The van der Waals surface area contributed by atoms with Gasteiger partial charge in [0.25, 0.3) is 17.0 Å². The van der Waals surface area contributed by atoms with Gasteiger partial charge >= 0.3 is 0 Å². The standard InChI is InChI=1S/C34H34FN7O4/c1-19-24(7-6-8-26(19)42-33(45)28-22(18-37-42)15-23(16-25(28)35)34(3,4)5)29-20(2)30(31(43)40-39-29)38-27-10-9-21(17-36-27)32(44)41-11-13-46-14-12-41/h6-10,15-18H,11-14H2,1-5H3,(H,40,43)(H,36,38,39). The van der Waals surface area contributed by atoms with Crippen LogP contribution in [0, 0.1) is 19.7 Å². The minimum Gasteiger partial charge on any atom is -0.378 e. The van der Waals surface area contributed by atoms with Gasteiger partial charge in [0.1, 0.15) is 17.3 Å². The average Bonchev–Trinajstić information content (AvgIpc) is 3.04. The largest absolute Gasteiger partial charge is 0.378 e. The van der Waals surface area contributed by atoms with Crippen LogP contribution in [0.2, 0.25) is 0 Å². The van der Waals surface area contributed by atoms with Gasteiger partial charge in [0.05, 0.1) is 41.7 Å². The van der Waals surface area contributed by atoms with Gasteiger partial charge in [0, 0.05) is 35.8 Å². The molecule has 12 heteroatoms. The molecule has 1 aliphatic rings. The van der Waals surface area contributed by atoms with Crippen LogP contribution in [0.4, 0.5) is 15.9 Å². The summed E-state index contributed by atoms with van der Waals surface area (Å²) in [4.78, 5) is 45.4. The van der Waals surface area contributed by atoms with Gasteiger partial charge in [-0.15, -0.1) is 0 Å². The molecular weight excluding hydrogens is 589 g/mol. The molecule has 0 unspecified atom stereocenters. The Morgan fingerprint density at radius 3 is 2.48 bits per heavy atom. The number of pyridine rings is 1. The number of nitrogens with one attached hydrogen (secondary N) is 2. The number of fused-ring (bicyclic) bond motifs is 1. The molecule has 1 aliphatic heterocycles. The van der Waals surface area contributed by atoms with Crippen LogP contribution in [0.15, 0.2) is 64.4 Å². The highest BCUT2D eigenvalue weighted by atomic mass is 19.1. The first-order valence-corrected chi connectivity index (χ1v) is 15.0. The summed E-state index contributed by atoms with van der Waals surface area (Å²) in [5.41, 5.74) is 2.86. The van der Waals surface area contributed by atoms with Crippen molar-refractivity contribution in [1.82, 2.24) is 29.9 Å². The van der Waals surface area contributed by atoms with E-state index in [0.717, 1.165) is 5.56 Å². The van der Waals surface area contributed by atoms with Crippen molar-refractivity contribution in [2.24, 2.45) is 0 Å². The second-order valence-electron chi connectivity index (χ2n) is 12.3. The molecule has 0 aliphatic carbocycles. The number of morpholine rings is 1. The van der Waals surface area contributed by atoms with Crippen LogP contribution >= 0.6 is 0 Å². The number of benzene rings is 2. The molecule has 0 radical (unpaired) electrons. The summed E-state index contributed by atoms with van der Waals surface area (Å²) in [6, 6.07) is 11.8. The Balaban J connectivity index is 1.34. The third kappa shape index (κ3) is 5.67. The number of ether oxygens (including phenoxy) is 1. The quantitative estimate of drug-likeness (QED) is 0.285. The van der Waals surface area contributed by atoms with E-state index < -0.39 is 16.9 Å². The monoisotopic (exact) mass is 623 g/mol. The van der Waals surface area contributed by atoms with Crippen molar-refractivity contribution >= 4 is 28.2 Å². The molecule has 0 atom stereocenters. The molecule has 11 nitrogen and oxygen atoms in total. The van der Waals surface area contributed by atoms with Crippen molar-refractivity contribution in [1.29, 1.82) is 0 Å². The normalized spacial score (nSPS) is 13.7. The van der Waals surface area contributed by atoms with Crippen LogP contribution in [-0.2, 0) is 10.2 Å². The summed E-state index contributed by atoms with van der Waals surface area (Å²) in [6.07, 6.45) is 2.97. The van der Waals surface area contributed by atoms with Gasteiger partial charge < -0.3 is 15.0 Å². The maximum absolute atomic E-state index is 15.3. The zero-order valence-electron chi connectivity index (χ0n) is 26.3. The highest BCUT2D eigenvalue weighted by Gasteiger charge is 2.22. The van der Waals surface area contributed by atoms with E-state index in [0.29, 0.717) is 71.1 Å². The number of carbonyl (C=O) groups is 1. The molecule has 2 N–H and O–H groups in total. The molecule has 1 fully saturated rings. The van der Waals surface area contributed by atoms with Crippen molar-refractivity contribution in [3.63, 3.8) is 0 Å². The van der Waals surface area contributed by atoms with E-state index in [9.17, 15) is 14.4 Å². The van der Waals surface area contributed by atoms with Crippen LogP contribution in [0.25, 0.3) is 27.7 Å². The maximum Gasteiger partial charge on any atom is 0.288 e. The van der Waals surface area contributed by atoms with Gasteiger partial charge in [-0.2, -0.15) is 14.9 Å². The number of hydrogen-bond acceptors (Lipinski definition) is 8. The number of aromatic amines is 1. The fraction of sp³-hybridized carbons (Fsp3) is 0.294. The minimum absolute atomic E-state index is 0.0391. The molecule has 236 valence electrons. The Labute approximate surface area is 264 Å². The minimum atomic E-state index is -0.599. The van der Waals surface area contributed by atoms with Crippen LogP contribution in [0.3, 0.4) is 0 Å². The predicted octanol–water partition coefficient (Wildman–Crippen LogP) is 4.80. The second kappa shape index (κ2) is 11.9. The Morgan fingerprint density at radius 2 is 1.78 bits per heavy atom. The number of anilines is 2. The van der Waals surface area contributed by atoms with Crippen LogP contribution in [0.1, 0.15) is 47.8 Å². The number of amides is 1. The lowest BCUT2D eigenvalue weighted by Crippen LogP contribution is -2.40. The molecule has 4 heterocycles. The van der Waals surface area contributed by atoms with Crippen molar-refractivity contribution in [3.05, 3.63) is 104 Å². The molecule has 0 saturated carbocycles. The van der Waals surface area contributed by atoms with Gasteiger partial charge in [-0.1, -0.05) is 32.9 Å². The third-order valence-corrected chi connectivity index (χ3v) is 8.28. The highest BCUT2D eigenvalue weighted by Crippen LogP contribution is 2.31. The van der Waals surface area contributed by atoms with Crippen LogP contribution in [-0.4, -0.2) is 62.1 Å². The Kier molecular flexibility index (Phi) is 7.99. The van der Waals surface area contributed by atoms with E-state index in [1.165, 1.54) is 23.1 Å². The Hall–Kier alpha value is -5.23. The van der Waals surface area contributed by atoms with E-state index in [-0.39, 0.29) is 22.4 Å². The number of hydrogen-bond donors (Lipinski definition) is 2. The fourth-order valence-electron chi connectivity index (χ4n) is 5.57. The van der Waals surface area contributed by atoms with Gasteiger partial charge in [0.2, 0.25) is 0 Å². The van der Waals surface area contributed by atoms with Crippen molar-refractivity contribution in [2.45, 2.75) is 40.0 Å². The SMILES string of the molecule is Cc1c(-c2n[nH]c(=O)c(Nc3ccc(C(=O)N4CCOCC4)cn3)c2C)cccc1-n1ncc2cc(C(C)(C)C)cc(F)c2c1=O. The van der Waals surface area contributed by atoms with E-state index >= 15 is 4.39 Å². The lowest BCUT2D eigenvalue weighted by atomic mass is 9.86. The number of carbonyl (C=O) groups excluding carboxylic acids is 1. The highest BCUT2D eigenvalue weighted by molar-refractivity contribution is 5.94. The molecule has 5 aromatic rings. The first-order chi connectivity index (χ1) is 21.9. The van der Waals surface area contributed by atoms with E-state index in [2.05, 4.69) is 25.6 Å². The van der Waals surface area contributed by atoms with Crippen molar-refractivity contribution < 1.29 is 13.9 Å². The number of halogens is 1. The van der Waals surface area contributed by atoms with E-state index in [4.69, 9.17) is 4.74 Å². The average molecular weight is 624 g/mol. The lowest BCUT2D eigenvalue weighted by Gasteiger charge is -2.26. The van der Waals surface area contributed by atoms with Crippen LogP contribution in [0.5, 0.6) is 0 Å². The summed E-state index contributed by atoms with van der Waals surface area (Å²) in [5.74, 6) is -0.355. The van der Waals surface area contributed by atoms with Gasteiger partial charge in [-0.05, 0) is 60.7 Å². The first-order valence-electron chi connectivity index (χ1n) is 15.0. The molecule has 0 bridgehead atoms. The summed E-state index contributed by atoms with van der Waals surface area (Å²) < 4.78 is 21.8. The zero-order chi connectivity index (χ0) is 32.7. The molecule has 1 saturated heterocycles. The smallest absolute Gasteiger partial charge is 0.288 e. The number of nitrogens with zero attached hydrogens (tertiary/aromatic N) is 5. The topological polar surface area (TPSA) is 135 Å². The molecule has 3 aromatic heterocycles. The summed E-state index contributed by atoms with van der Waals surface area (Å²) >= 11 is 0. The number of rotatable bonds is 5. The fourth-order valence-corrected chi connectivity index (χ4v) is 5.57. The van der Waals surface area contributed by atoms with Gasteiger partial charge in [-0.3, -0.25) is 14.4 Å².